The summed E-state index contributed by atoms with van der Waals surface area (Å²) in [5, 5.41) is 28.9. The van der Waals surface area contributed by atoms with Crippen molar-refractivity contribution in [1.29, 1.82) is 5.26 Å². The second kappa shape index (κ2) is 7.79. The summed E-state index contributed by atoms with van der Waals surface area (Å²) in [6, 6.07) is 2.10. The van der Waals surface area contributed by atoms with Crippen LogP contribution in [0.25, 0.3) is 10.2 Å². The van der Waals surface area contributed by atoms with Crippen molar-refractivity contribution < 1.29 is 14.4 Å². The van der Waals surface area contributed by atoms with E-state index in [-0.39, 0.29) is 33.7 Å². The average molecular weight is 427 g/mol. The van der Waals surface area contributed by atoms with E-state index in [4.69, 9.17) is 16.0 Å². The van der Waals surface area contributed by atoms with Crippen LogP contribution < -0.4 is 26.4 Å². The van der Waals surface area contributed by atoms with Crippen molar-refractivity contribution in [2.45, 2.75) is 39.0 Å². The molecule has 1 fully saturated rings. The number of aromatic nitrogens is 3. The van der Waals surface area contributed by atoms with Gasteiger partial charge in [-0.05, 0) is 30.7 Å². The van der Waals surface area contributed by atoms with E-state index in [0.717, 1.165) is 37.3 Å². The largest absolute Gasteiger partial charge is 0.857 e. The second-order valence-corrected chi connectivity index (χ2v) is 8.47. The van der Waals surface area contributed by atoms with Gasteiger partial charge in [-0.2, -0.15) is 10.3 Å². The van der Waals surface area contributed by atoms with Crippen LogP contribution in [-0.2, 0) is 0 Å². The van der Waals surface area contributed by atoms with Gasteiger partial charge in [0.05, 0.1) is 34.0 Å². The Bertz CT molecular complexity index is 1170. The molecule has 0 spiro atoms. The molecule has 0 radical (unpaired) electrons. The van der Waals surface area contributed by atoms with Gasteiger partial charge in [-0.15, -0.1) is 11.3 Å². The minimum absolute atomic E-state index is 0.0259. The third-order valence-corrected chi connectivity index (χ3v) is 6.19. The number of pyridine rings is 1. The van der Waals surface area contributed by atoms with Crippen molar-refractivity contribution in [3.8, 4) is 6.07 Å². The van der Waals surface area contributed by atoms with E-state index in [9.17, 15) is 10.4 Å². The number of fused-ring (bicyclic) bond motifs is 1. The Morgan fingerprint density at radius 3 is 2.77 bits per heavy atom. The maximum absolute atomic E-state index is 12.8. The molecule has 3 aromatic rings. The third kappa shape index (κ3) is 3.39. The summed E-state index contributed by atoms with van der Waals surface area (Å²) in [5.74, 6) is -0.355. The molecule has 10 nitrogen and oxygen atoms in total. The quantitative estimate of drug-likeness (QED) is 0.359. The van der Waals surface area contributed by atoms with Gasteiger partial charge in [0.2, 0.25) is 5.27 Å². The zero-order chi connectivity index (χ0) is 21.4. The minimum atomic E-state index is -0.552. The van der Waals surface area contributed by atoms with Crippen molar-refractivity contribution >= 4 is 44.8 Å². The molecule has 0 atom stereocenters. The first-order valence-electron chi connectivity index (χ1n) is 9.72. The van der Waals surface area contributed by atoms with E-state index in [1.807, 2.05) is 18.9 Å². The fourth-order valence-electron chi connectivity index (χ4n) is 3.70. The van der Waals surface area contributed by atoms with Crippen LogP contribution in [0.2, 0.25) is 0 Å². The Morgan fingerprint density at radius 1 is 1.37 bits per heavy atom. The SMILES string of the molecule is CC(C)c1c(C#N)c(N)nc2sc(/C([O-])=N/c3c[n+](N4CCCCC4)no3)c(N)c12. The number of nitriles is 1. The number of hydrogen-bond donors (Lipinski definition) is 2. The molecule has 11 heteroatoms. The molecule has 30 heavy (non-hydrogen) atoms. The molecule has 3 aromatic heterocycles. The molecule has 4 N–H and O–H groups in total. The van der Waals surface area contributed by atoms with Crippen LogP contribution in [0.15, 0.2) is 15.7 Å². The Kier molecular flexibility index (Phi) is 5.17. The van der Waals surface area contributed by atoms with Crippen molar-refractivity contribution in [2.24, 2.45) is 4.99 Å². The van der Waals surface area contributed by atoms with E-state index in [1.165, 1.54) is 6.42 Å². The molecule has 156 valence electrons. The topological polar surface area (TPSA) is 157 Å². The minimum Gasteiger partial charge on any atom is -0.857 e. The number of nitrogens with zero attached hydrogens (tertiary/aromatic N) is 6. The molecule has 0 aliphatic carbocycles. The molecular formula is C19H22N8O2S. The van der Waals surface area contributed by atoms with Crippen LogP contribution in [0.4, 0.5) is 17.4 Å². The van der Waals surface area contributed by atoms with Gasteiger partial charge >= 0.3 is 5.88 Å². The average Bonchev–Trinajstić information content (AvgIpc) is 3.32. The molecule has 0 amide bonds. The lowest BCUT2D eigenvalue weighted by atomic mass is 9.95. The normalized spacial score (nSPS) is 15.1. The summed E-state index contributed by atoms with van der Waals surface area (Å²) in [6.07, 6.45) is 4.95. The molecule has 4 heterocycles. The maximum atomic E-state index is 12.8. The summed E-state index contributed by atoms with van der Waals surface area (Å²) in [5.41, 5.74) is 13.5. The lowest BCUT2D eigenvalue weighted by Gasteiger charge is -2.17. The van der Waals surface area contributed by atoms with Gasteiger partial charge in [0.1, 0.15) is 16.7 Å². The highest BCUT2D eigenvalue weighted by molar-refractivity contribution is 7.21. The molecule has 1 aliphatic rings. The Balaban J connectivity index is 1.74. The van der Waals surface area contributed by atoms with Gasteiger partial charge in [-0.1, -0.05) is 13.8 Å². The number of nitrogens with two attached hydrogens (primary N) is 2. The number of hydrogen-bond acceptors (Lipinski definition) is 10. The van der Waals surface area contributed by atoms with Crippen LogP contribution in [-0.4, -0.2) is 29.2 Å². The van der Waals surface area contributed by atoms with E-state index in [0.29, 0.717) is 15.8 Å². The Labute approximate surface area is 177 Å². The lowest BCUT2D eigenvalue weighted by molar-refractivity contribution is -0.759. The lowest BCUT2D eigenvalue weighted by Crippen LogP contribution is -2.60. The molecule has 1 saturated heterocycles. The molecule has 4 rings (SSSR count). The first-order valence-corrected chi connectivity index (χ1v) is 10.5. The number of aliphatic imine (C=N–C) groups is 1. The maximum Gasteiger partial charge on any atom is 0.324 e. The number of thiophene rings is 1. The second-order valence-electron chi connectivity index (χ2n) is 7.47. The summed E-state index contributed by atoms with van der Waals surface area (Å²) < 4.78 is 5.21. The van der Waals surface area contributed by atoms with E-state index in [1.54, 1.807) is 11.0 Å². The highest BCUT2D eigenvalue weighted by Crippen LogP contribution is 2.40. The van der Waals surface area contributed by atoms with Crippen molar-refractivity contribution in [3.63, 3.8) is 0 Å². The highest BCUT2D eigenvalue weighted by Gasteiger charge is 2.24. The summed E-state index contributed by atoms with van der Waals surface area (Å²) >= 11 is 1.10. The number of anilines is 2. The molecule has 0 aromatic carbocycles. The first kappa shape index (κ1) is 19.9. The summed E-state index contributed by atoms with van der Waals surface area (Å²) in [7, 11) is 0. The van der Waals surface area contributed by atoms with Crippen LogP contribution >= 0.6 is 11.3 Å². The van der Waals surface area contributed by atoms with E-state index >= 15 is 0 Å². The predicted octanol–water partition coefficient (Wildman–Crippen LogP) is 1.29. The molecule has 0 bridgehead atoms. The number of rotatable bonds is 4. The van der Waals surface area contributed by atoms with Crippen LogP contribution in [0, 0.1) is 11.3 Å². The Hall–Kier alpha value is -3.39. The van der Waals surface area contributed by atoms with Gasteiger partial charge in [0, 0.05) is 11.3 Å². The van der Waals surface area contributed by atoms with Gasteiger partial charge in [-0.3, -0.25) is 4.52 Å². The van der Waals surface area contributed by atoms with E-state index < -0.39 is 5.90 Å². The Morgan fingerprint density at radius 2 is 2.10 bits per heavy atom. The summed E-state index contributed by atoms with van der Waals surface area (Å²) in [4.78, 5) is 10.6. The zero-order valence-corrected chi connectivity index (χ0v) is 17.6. The number of piperidine rings is 1. The molecule has 0 unspecified atom stereocenters. The third-order valence-electron chi connectivity index (χ3n) is 5.10. The van der Waals surface area contributed by atoms with Gasteiger partial charge < -0.3 is 16.6 Å². The van der Waals surface area contributed by atoms with Crippen LogP contribution in [0.5, 0.6) is 0 Å². The van der Waals surface area contributed by atoms with Gasteiger partial charge in [-0.25, -0.2) is 9.98 Å². The standard InChI is InChI=1S/C19H22N8O2S/c1-10(2)13-11(8-20)17(22)24-19-14(13)15(21)16(30-19)18(28)23-12-9-27(25-29-12)26-6-4-3-5-7-26/h9-10H,3-7H2,1-2H3,(H4-,21,22,23,24,25,28). The summed E-state index contributed by atoms with van der Waals surface area (Å²) in [6.45, 7) is 5.62. The monoisotopic (exact) mass is 426 g/mol. The van der Waals surface area contributed by atoms with Crippen molar-refractivity contribution in [3.05, 3.63) is 22.2 Å². The zero-order valence-electron chi connectivity index (χ0n) is 16.8. The van der Waals surface area contributed by atoms with Crippen molar-refractivity contribution in [1.82, 2.24) is 10.3 Å². The van der Waals surface area contributed by atoms with Gasteiger partial charge in [0.15, 0.2) is 0 Å². The number of nitrogen functional groups attached to an aromatic ring is 2. The predicted molar refractivity (Wildman–Crippen MR) is 112 cm³/mol. The fourth-order valence-corrected chi connectivity index (χ4v) is 4.70. The van der Waals surface area contributed by atoms with Gasteiger partial charge in [0.25, 0.3) is 6.20 Å². The van der Waals surface area contributed by atoms with E-state index in [2.05, 4.69) is 21.3 Å². The van der Waals surface area contributed by atoms with Crippen molar-refractivity contribution in [2.75, 3.05) is 29.6 Å². The fraction of sp³-hybridized carbons (Fsp3) is 0.421. The van der Waals surface area contributed by atoms with Crippen LogP contribution in [0.3, 0.4) is 0 Å². The van der Waals surface area contributed by atoms with Crippen LogP contribution in [0.1, 0.15) is 55.0 Å². The first-order chi connectivity index (χ1) is 14.4. The smallest absolute Gasteiger partial charge is 0.324 e. The molecule has 1 aliphatic heterocycles. The highest BCUT2D eigenvalue weighted by atomic mass is 32.1. The molecular weight excluding hydrogens is 404 g/mol. The molecule has 0 saturated carbocycles.